The van der Waals surface area contributed by atoms with Crippen molar-refractivity contribution in [2.75, 3.05) is 6.61 Å². The summed E-state index contributed by atoms with van der Waals surface area (Å²) in [5.41, 5.74) is 2.92. The van der Waals surface area contributed by atoms with E-state index in [1.54, 1.807) is 0 Å². The Hall–Kier alpha value is -3.37. The highest BCUT2D eigenvalue weighted by atomic mass is 35.5. The number of Topliss-reactive ketones (excluding diaryl/α,β-unsaturated/α-hetero) is 1. The summed E-state index contributed by atoms with van der Waals surface area (Å²) in [5, 5.41) is 12.4. The lowest BCUT2D eigenvalue weighted by molar-refractivity contribution is -0.189. The minimum absolute atomic E-state index is 0.0820. The van der Waals surface area contributed by atoms with E-state index in [9.17, 15) is 27.9 Å². The maximum Gasteiger partial charge on any atom is 0.425 e. The van der Waals surface area contributed by atoms with Gasteiger partial charge in [0.05, 0.1) is 16.8 Å². The lowest BCUT2D eigenvalue weighted by atomic mass is 9.89. The maximum absolute atomic E-state index is 13.0. The van der Waals surface area contributed by atoms with Crippen LogP contribution in [0, 0.1) is 5.92 Å². The molecule has 0 unspecified atom stereocenters. The van der Waals surface area contributed by atoms with Gasteiger partial charge in [-0.15, -0.1) is 0 Å². The zero-order valence-corrected chi connectivity index (χ0v) is 24.2. The van der Waals surface area contributed by atoms with Crippen LogP contribution < -0.4 is 10.1 Å². The Morgan fingerprint density at radius 1 is 1.15 bits per heavy atom. The molecular formula is C30H35ClF3N3O4. The normalized spacial score (nSPS) is 13.9. The number of nitrogens with zero attached hydrogens (tertiary/aromatic N) is 2. The predicted molar refractivity (Wildman–Crippen MR) is 151 cm³/mol. The molecule has 3 atom stereocenters. The molecule has 41 heavy (non-hydrogen) atoms. The first-order valence-electron chi connectivity index (χ1n) is 13.4. The molecule has 7 nitrogen and oxygen atoms in total. The van der Waals surface area contributed by atoms with Gasteiger partial charge in [0.15, 0.2) is 11.9 Å². The molecule has 3 aromatic rings. The number of carbonyl (C=O) groups is 2. The molecule has 1 heterocycles. The molecule has 0 aliphatic heterocycles. The van der Waals surface area contributed by atoms with E-state index in [1.807, 2.05) is 48.9 Å². The van der Waals surface area contributed by atoms with Crippen LogP contribution in [0.25, 0.3) is 11.3 Å². The summed E-state index contributed by atoms with van der Waals surface area (Å²) >= 11 is 6.11. The zero-order valence-electron chi connectivity index (χ0n) is 23.5. The summed E-state index contributed by atoms with van der Waals surface area (Å²) in [7, 11) is 0. The fraction of sp³-hybridized carbons (Fsp3) is 0.433. The van der Waals surface area contributed by atoms with Gasteiger partial charge in [-0.25, -0.2) is 4.98 Å². The molecule has 0 bridgehead atoms. The van der Waals surface area contributed by atoms with Gasteiger partial charge in [-0.3, -0.25) is 9.59 Å². The molecule has 222 valence electrons. The number of alkyl halides is 3. The van der Waals surface area contributed by atoms with Crippen molar-refractivity contribution in [3.05, 3.63) is 70.6 Å². The van der Waals surface area contributed by atoms with Gasteiger partial charge in [0, 0.05) is 43.8 Å². The highest BCUT2D eigenvalue weighted by molar-refractivity contribution is 6.32. The molecule has 0 saturated heterocycles. The van der Waals surface area contributed by atoms with Gasteiger partial charge < -0.3 is 19.7 Å². The summed E-state index contributed by atoms with van der Waals surface area (Å²) < 4.78 is 45.3. The number of imidazole rings is 1. The summed E-state index contributed by atoms with van der Waals surface area (Å²) in [6.45, 7) is 6.85. The lowest BCUT2D eigenvalue weighted by Crippen LogP contribution is -2.31. The molecule has 2 N–H and O–H groups in total. The van der Waals surface area contributed by atoms with Gasteiger partial charge in [0.25, 0.3) is 0 Å². The van der Waals surface area contributed by atoms with Crippen molar-refractivity contribution in [3.63, 3.8) is 0 Å². The Morgan fingerprint density at radius 3 is 2.39 bits per heavy atom. The highest BCUT2D eigenvalue weighted by Gasteiger charge is 2.38. The number of hydrogen-bond donors (Lipinski definition) is 2. The van der Waals surface area contributed by atoms with Crippen molar-refractivity contribution in [1.82, 2.24) is 14.9 Å². The second-order valence-electron chi connectivity index (χ2n) is 10.0. The van der Waals surface area contributed by atoms with Crippen LogP contribution in [0.2, 0.25) is 5.02 Å². The van der Waals surface area contributed by atoms with Crippen LogP contribution in [0.1, 0.15) is 68.3 Å². The maximum atomic E-state index is 13.0. The smallest absolute Gasteiger partial charge is 0.425 e. The Balaban J connectivity index is 1.69. The average Bonchev–Trinajstić information content (AvgIpc) is 3.34. The molecule has 1 amide bonds. The molecule has 2 aromatic carbocycles. The standard InChI is InChI=1S/C30H35ClF3N3O4/c1-5-37-17-26(36-29(37)18(2)35-20(4)39)23-8-6-21(7-9-23)14-22(12-13-38)15-27(40)24-10-11-28(25(31)16-24)41-19(3)30(32,33)34/h6-11,16-19,22,38H,5,12-15H2,1-4H3,(H,35,39)/t18-,19-,22-/m1/s1. The number of nitrogens with one attached hydrogen (secondary N) is 1. The third-order valence-corrected chi connectivity index (χ3v) is 7.05. The van der Waals surface area contributed by atoms with E-state index in [0.29, 0.717) is 19.4 Å². The number of hydrogen-bond acceptors (Lipinski definition) is 5. The van der Waals surface area contributed by atoms with Crippen LogP contribution in [-0.2, 0) is 17.8 Å². The van der Waals surface area contributed by atoms with Gasteiger partial charge >= 0.3 is 6.18 Å². The molecule has 1 aromatic heterocycles. The predicted octanol–water partition coefficient (Wildman–Crippen LogP) is 6.56. The Morgan fingerprint density at radius 2 is 1.83 bits per heavy atom. The van der Waals surface area contributed by atoms with Crippen molar-refractivity contribution in [1.29, 1.82) is 0 Å². The van der Waals surface area contributed by atoms with Crippen molar-refractivity contribution in [2.45, 2.75) is 71.8 Å². The topological polar surface area (TPSA) is 93.5 Å². The molecule has 0 spiro atoms. The second-order valence-corrected chi connectivity index (χ2v) is 10.5. The molecule has 0 radical (unpaired) electrons. The van der Waals surface area contributed by atoms with Crippen molar-refractivity contribution in [2.24, 2.45) is 5.92 Å². The lowest BCUT2D eigenvalue weighted by Gasteiger charge is -2.19. The molecule has 0 saturated carbocycles. The van der Waals surface area contributed by atoms with E-state index in [4.69, 9.17) is 21.3 Å². The minimum Gasteiger partial charge on any atom is -0.480 e. The van der Waals surface area contributed by atoms with Crippen LogP contribution in [0.5, 0.6) is 5.75 Å². The summed E-state index contributed by atoms with van der Waals surface area (Å²) in [6, 6.07) is 11.5. The summed E-state index contributed by atoms with van der Waals surface area (Å²) in [5.74, 6) is 0.0825. The summed E-state index contributed by atoms with van der Waals surface area (Å²) in [4.78, 5) is 29.2. The molecule has 11 heteroatoms. The van der Waals surface area contributed by atoms with Gasteiger partial charge in [-0.05, 0) is 63.3 Å². The van der Waals surface area contributed by atoms with Gasteiger partial charge in [0.1, 0.15) is 11.6 Å². The second kappa shape index (κ2) is 14.0. The zero-order chi connectivity index (χ0) is 30.3. The van der Waals surface area contributed by atoms with Crippen LogP contribution in [0.15, 0.2) is 48.7 Å². The van der Waals surface area contributed by atoms with E-state index in [0.717, 1.165) is 29.6 Å². The Bertz CT molecular complexity index is 1340. The van der Waals surface area contributed by atoms with E-state index in [2.05, 4.69) is 5.32 Å². The first-order chi connectivity index (χ1) is 19.3. The number of aromatic nitrogens is 2. The molecule has 0 fully saturated rings. The number of halogens is 4. The van der Waals surface area contributed by atoms with Gasteiger partial charge in [-0.1, -0.05) is 35.9 Å². The largest absolute Gasteiger partial charge is 0.480 e. The number of aryl methyl sites for hydroxylation is 1. The number of rotatable bonds is 13. The van der Waals surface area contributed by atoms with E-state index >= 15 is 0 Å². The van der Waals surface area contributed by atoms with E-state index in [-0.39, 0.29) is 53.0 Å². The van der Waals surface area contributed by atoms with Gasteiger partial charge in [0.2, 0.25) is 5.91 Å². The quantitative estimate of drug-likeness (QED) is 0.219. The number of carbonyl (C=O) groups excluding carboxylic acids is 2. The fourth-order valence-corrected chi connectivity index (χ4v) is 4.77. The van der Waals surface area contributed by atoms with Gasteiger partial charge in [-0.2, -0.15) is 13.2 Å². The molecule has 0 aliphatic rings. The monoisotopic (exact) mass is 593 g/mol. The molecule has 0 aliphatic carbocycles. The van der Waals surface area contributed by atoms with E-state index in [1.165, 1.54) is 25.1 Å². The first-order valence-corrected chi connectivity index (χ1v) is 13.8. The molecule has 3 rings (SSSR count). The minimum atomic E-state index is -4.54. The van der Waals surface area contributed by atoms with Crippen LogP contribution in [0.4, 0.5) is 13.2 Å². The number of ketones is 1. The third-order valence-electron chi connectivity index (χ3n) is 6.76. The number of aliphatic hydroxyl groups excluding tert-OH is 1. The number of amides is 1. The SMILES string of the molecule is CCn1cc(-c2ccc(C[C@@H](CCO)CC(=O)c3ccc(O[C@H](C)C(F)(F)F)c(Cl)c3)cc2)nc1[C@@H](C)NC(C)=O. The number of aliphatic hydroxyl groups is 1. The van der Waals surface area contributed by atoms with Crippen LogP contribution >= 0.6 is 11.6 Å². The van der Waals surface area contributed by atoms with Crippen LogP contribution in [-0.4, -0.2) is 45.2 Å². The van der Waals surface area contributed by atoms with Crippen molar-refractivity contribution in [3.8, 4) is 17.0 Å². The van der Waals surface area contributed by atoms with E-state index < -0.39 is 12.3 Å². The Kier molecular flexibility index (Phi) is 11.0. The number of ether oxygens (including phenoxy) is 1. The Labute approximate surface area is 242 Å². The van der Waals surface area contributed by atoms with Crippen molar-refractivity contribution >= 4 is 23.3 Å². The highest BCUT2D eigenvalue weighted by Crippen LogP contribution is 2.32. The van der Waals surface area contributed by atoms with Crippen LogP contribution in [0.3, 0.4) is 0 Å². The molecular weight excluding hydrogens is 559 g/mol. The summed E-state index contributed by atoms with van der Waals surface area (Å²) in [6.07, 6.45) is -3.57. The number of benzene rings is 2. The fourth-order valence-electron chi connectivity index (χ4n) is 4.55. The average molecular weight is 594 g/mol. The third kappa shape index (κ3) is 8.81. The first kappa shape index (κ1) is 32.1. The van der Waals surface area contributed by atoms with Crippen molar-refractivity contribution < 1.29 is 32.6 Å².